The van der Waals surface area contributed by atoms with Crippen LogP contribution in [0.3, 0.4) is 0 Å². The maximum atomic E-state index is 11.5. The molecule has 1 saturated heterocycles. The predicted molar refractivity (Wildman–Crippen MR) is 68.7 cm³/mol. The van der Waals surface area contributed by atoms with Crippen molar-refractivity contribution in [3.63, 3.8) is 0 Å². The second kappa shape index (κ2) is 7.65. The van der Waals surface area contributed by atoms with E-state index >= 15 is 0 Å². The first kappa shape index (κ1) is 15.4. The summed E-state index contributed by atoms with van der Waals surface area (Å²) in [6.45, 7) is 8.39. The standard InChI is InChI=1S/C11H21N3O.ClH/c1-3-4-13-11(15)8-14-7-10(6-12)5-9(14)2;/h3,9-10H,1,4-8,12H2,2H3,(H,13,15);1H. The molecule has 1 rings (SSSR count). The molecule has 1 aliphatic heterocycles. The lowest BCUT2D eigenvalue weighted by Crippen LogP contribution is -2.39. The first-order valence-corrected chi connectivity index (χ1v) is 5.49. The molecule has 2 unspecified atom stereocenters. The van der Waals surface area contributed by atoms with E-state index in [1.165, 1.54) is 0 Å². The molecule has 1 heterocycles. The van der Waals surface area contributed by atoms with Crippen molar-refractivity contribution in [2.75, 3.05) is 26.2 Å². The van der Waals surface area contributed by atoms with Gasteiger partial charge in [-0.25, -0.2) is 0 Å². The van der Waals surface area contributed by atoms with Gasteiger partial charge < -0.3 is 11.1 Å². The zero-order valence-electron chi connectivity index (χ0n) is 9.82. The summed E-state index contributed by atoms with van der Waals surface area (Å²) in [5.41, 5.74) is 5.63. The average molecular weight is 248 g/mol. The molecule has 0 radical (unpaired) electrons. The lowest BCUT2D eigenvalue weighted by Gasteiger charge is -2.19. The molecule has 1 aliphatic rings. The van der Waals surface area contributed by atoms with E-state index < -0.39 is 0 Å². The Balaban J connectivity index is 0.00000225. The van der Waals surface area contributed by atoms with Gasteiger partial charge in [0.25, 0.3) is 0 Å². The van der Waals surface area contributed by atoms with Crippen LogP contribution in [-0.2, 0) is 4.79 Å². The van der Waals surface area contributed by atoms with Crippen LogP contribution in [-0.4, -0.2) is 43.0 Å². The van der Waals surface area contributed by atoms with Crippen molar-refractivity contribution in [2.45, 2.75) is 19.4 Å². The second-order valence-corrected chi connectivity index (χ2v) is 4.21. The van der Waals surface area contributed by atoms with Crippen molar-refractivity contribution in [2.24, 2.45) is 11.7 Å². The van der Waals surface area contributed by atoms with E-state index in [4.69, 9.17) is 5.73 Å². The highest BCUT2D eigenvalue weighted by atomic mass is 35.5. The normalized spacial score (nSPS) is 24.9. The van der Waals surface area contributed by atoms with Crippen molar-refractivity contribution < 1.29 is 4.79 Å². The summed E-state index contributed by atoms with van der Waals surface area (Å²) in [7, 11) is 0. The smallest absolute Gasteiger partial charge is 0.234 e. The molecule has 4 nitrogen and oxygen atoms in total. The average Bonchev–Trinajstić information content (AvgIpc) is 2.57. The highest BCUT2D eigenvalue weighted by Gasteiger charge is 2.28. The number of hydrogen-bond acceptors (Lipinski definition) is 3. The van der Waals surface area contributed by atoms with Gasteiger partial charge in [0.05, 0.1) is 6.54 Å². The number of likely N-dealkylation sites (tertiary alicyclic amines) is 1. The maximum Gasteiger partial charge on any atom is 0.234 e. The third-order valence-electron chi connectivity index (χ3n) is 2.91. The number of hydrogen-bond donors (Lipinski definition) is 2. The fraction of sp³-hybridized carbons (Fsp3) is 0.727. The molecule has 1 fully saturated rings. The summed E-state index contributed by atoms with van der Waals surface area (Å²) in [4.78, 5) is 13.7. The van der Waals surface area contributed by atoms with Crippen LogP contribution in [0.5, 0.6) is 0 Å². The van der Waals surface area contributed by atoms with E-state index in [1.807, 2.05) is 0 Å². The number of carbonyl (C=O) groups is 1. The minimum absolute atomic E-state index is 0. The summed E-state index contributed by atoms with van der Waals surface area (Å²) in [6.07, 6.45) is 2.79. The van der Waals surface area contributed by atoms with Gasteiger partial charge in [-0.2, -0.15) is 0 Å². The molecule has 5 heteroatoms. The molecule has 0 bridgehead atoms. The fourth-order valence-corrected chi connectivity index (χ4v) is 2.04. The van der Waals surface area contributed by atoms with Gasteiger partial charge in [-0.3, -0.25) is 9.69 Å². The fourth-order valence-electron chi connectivity index (χ4n) is 2.04. The van der Waals surface area contributed by atoms with Crippen LogP contribution in [0.25, 0.3) is 0 Å². The Morgan fingerprint density at radius 2 is 2.38 bits per heavy atom. The number of halogens is 1. The van der Waals surface area contributed by atoms with Crippen LogP contribution < -0.4 is 11.1 Å². The van der Waals surface area contributed by atoms with Crippen molar-refractivity contribution in [1.29, 1.82) is 0 Å². The molecule has 0 aromatic rings. The molecule has 0 aromatic carbocycles. The third kappa shape index (κ3) is 4.51. The lowest BCUT2D eigenvalue weighted by molar-refractivity contribution is -0.122. The molecule has 0 aliphatic carbocycles. The van der Waals surface area contributed by atoms with Crippen molar-refractivity contribution >= 4 is 18.3 Å². The first-order chi connectivity index (χ1) is 7.17. The maximum absolute atomic E-state index is 11.5. The van der Waals surface area contributed by atoms with Crippen molar-refractivity contribution in [3.05, 3.63) is 12.7 Å². The Kier molecular flexibility index (Phi) is 7.38. The molecule has 16 heavy (non-hydrogen) atoms. The molecule has 1 amide bonds. The molecular formula is C11H22ClN3O. The van der Waals surface area contributed by atoms with E-state index in [0.29, 0.717) is 25.0 Å². The topological polar surface area (TPSA) is 58.4 Å². The van der Waals surface area contributed by atoms with E-state index in [-0.39, 0.29) is 18.3 Å². The van der Waals surface area contributed by atoms with E-state index in [2.05, 4.69) is 23.7 Å². The quantitative estimate of drug-likeness (QED) is 0.691. The SMILES string of the molecule is C=CCNC(=O)CN1CC(CN)CC1C.Cl. The van der Waals surface area contributed by atoms with Gasteiger partial charge in [-0.15, -0.1) is 19.0 Å². The molecule has 0 saturated carbocycles. The summed E-state index contributed by atoms with van der Waals surface area (Å²) < 4.78 is 0. The summed E-state index contributed by atoms with van der Waals surface area (Å²) in [5, 5.41) is 2.78. The van der Waals surface area contributed by atoms with Gasteiger partial charge in [-0.1, -0.05) is 6.08 Å². The number of rotatable bonds is 5. The summed E-state index contributed by atoms with van der Waals surface area (Å²) in [5.74, 6) is 0.617. The Hall–Kier alpha value is -0.580. The van der Waals surface area contributed by atoms with E-state index in [9.17, 15) is 4.79 Å². The number of carbonyl (C=O) groups excluding carboxylic acids is 1. The minimum atomic E-state index is 0. The largest absolute Gasteiger partial charge is 0.352 e. The highest BCUT2D eigenvalue weighted by molar-refractivity contribution is 5.85. The van der Waals surface area contributed by atoms with Crippen LogP contribution in [0.15, 0.2) is 12.7 Å². The van der Waals surface area contributed by atoms with Crippen molar-refractivity contribution in [1.82, 2.24) is 10.2 Å². The summed E-state index contributed by atoms with van der Waals surface area (Å²) in [6, 6.07) is 0.466. The second-order valence-electron chi connectivity index (χ2n) is 4.21. The Bertz CT molecular complexity index is 235. The van der Waals surface area contributed by atoms with Crippen LogP contribution in [0, 0.1) is 5.92 Å². The van der Waals surface area contributed by atoms with Gasteiger partial charge in [-0.05, 0) is 25.8 Å². The Morgan fingerprint density at radius 1 is 1.69 bits per heavy atom. The van der Waals surface area contributed by atoms with Gasteiger partial charge in [0, 0.05) is 19.1 Å². The van der Waals surface area contributed by atoms with Crippen LogP contribution in [0.1, 0.15) is 13.3 Å². The Labute approximate surface area is 104 Å². The van der Waals surface area contributed by atoms with E-state index in [0.717, 1.165) is 19.5 Å². The van der Waals surface area contributed by atoms with Crippen molar-refractivity contribution in [3.8, 4) is 0 Å². The monoisotopic (exact) mass is 247 g/mol. The molecule has 2 atom stereocenters. The first-order valence-electron chi connectivity index (χ1n) is 5.49. The zero-order valence-corrected chi connectivity index (χ0v) is 10.6. The predicted octanol–water partition coefficient (Wildman–Crippen LogP) is 0.379. The highest BCUT2D eigenvalue weighted by Crippen LogP contribution is 2.21. The third-order valence-corrected chi connectivity index (χ3v) is 2.91. The number of amides is 1. The van der Waals surface area contributed by atoms with Gasteiger partial charge >= 0.3 is 0 Å². The lowest BCUT2D eigenvalue weighted by atomic mass is 10.1. The van der Waals surface area contributed by atoms with Crippen LogP contribution in [0.2, 0.25) is 0 Å². The molecular weight excluding hydrogens is 226 g/mol. The number of nitrogens with zero attached hydrogens (tertiary/aromatic N) is 1. The van der Waals surface area contributed by atoms with Crippen LogP contribution in [0.4, 0.5) is 0 Å². The van der Waals surface area contributed by atoms with Gasteiger partial charge in [0.1, 0.15) is 0 Å². The molecule has 94 valence electrons. The summed E-state index contributed by atoms with van der Waals surface area (Å²) >= 11 is 0. The Morgan fingerprint density at radius 3 is 2.88 bits per heavy atom. The van der Waals surface area contributed by atoms with Crippen LogP contribution >= 0.6 is 12.4 Å². The number of nitrogens with two attached hydrogens (primary N) is 1. The molecule has 0 spiro atoms. The van der Waals surface area contributed by atoms with Gasteiger partial charge in [0.2, 0.25) is 5.91 Å². The number of nitrogens with one attached hydrogen (secondary N) is 1. The zero-order chi connectivity index (χ0) is 11.3. The van der Waals surface area contributed by atoms with E-state index in [1.54, 1.807) is 6.08 Å². The molecule has 0 aromatic heterocycles. The minimum Gasteiger partial charge on any atom is -0.352 e. The molecule has 3 N–H and O–H groups in total. The van der Waals surface area contributed by atoms with Gasteiger partial charge in [0.15, 0.2) is 0 Å².